The van der Waals surface area contributed by atoms with Gasteiger partial charge < -0.3 is 9.47 Å². The summed E-state index contributed by atoms with van der Waals surface area (Å²) >= 11 is 6.04. The van der Waals surface area contributed by atoms with Gasteiger partial charge in [0.25, 0.3) is 0 Å². The number of hydrogen-bond donors (Lipinski definition) is 0. The molecule has 0 aliphatic carbocycles. The Balaban J connectivity index is 1.77. The summed E-state index contributed by atoms with van der Waals surface area (Å²) < 4.78 is 2.19. The van der Waals surface area contributed by atoms with Crippen molar-refractivity contribution < 1.29 is 4.79 Å². The highest BCUT2D eigenvalue weighted by Crippen LogP contribution is 2.35. The van der Waals surface area contributed by atoms with Crippen molar-refractivity contribution in [3.8, 4) is 5.69 Å². The van der Waals surface area contributed by atoms with Gasteiger partial charge in [-0.3, -0.25) is 9.78 Å². The zero-order valence-corrected chi connectivity index (χ0v) is 14.7. The van der Waals surface area contributed by atoms with E-state index in [1.807, 2.05) is 41.6 Å². The van der Waals surface area contributed by atoms with E-state index in [0.29, 0.717) is 5.92 Å². The van der Waals surface area contributed by atoms with E-state index in [4.69, 9.17) is 11.6 Å². The van der Waals surface area contributed by atoms with Gasteiger partial charge in [0.05, 0.1) is 11.7 Å². The summed E-state index contributed by atoms with van der Waals surface area (Å²) in [5, 5.41) is 1.98. The second kappa shape index (κ2) is 6.89. The molecule has 0 radical (unpaired) electrons. The third kappa shape index (κ3) is 3.14. The molecule has 1 amide bonds. The second-order valence-electron chi connectivity index (χ2n) is 6.59. The molecule has 2 aromatic heterocycles. The predicted molar refractivity (Wildman–Crippen MR) is 100 cm³/mol. The smallest absolute Gasteiger partial charge is 0.209 e. The summed E-state index contributed by atoms with van der Waals surface area (Å²) in [6.07, 6.45) is 10.1. The van der Waals surface area contributed by atoms with Crippen LogP contribution in [-0.2, 0) is 4.79 Å². The highest BCUT2D eigenvalue weighted by atomic mass is 35.5. The lowest BCUT2D eigenvalue weighted by Crippen LogP contribution is -2.22. The fraction of sp³-hybridized carbons (Fsp3) is 0.300. The average molecular weight is 354 g/mol. The molecule has 0 saturated carbocycles. The van der Waals surface area contributed by atoms with Gasteiger partial charge in [-0.05, 0) is 61.1 Å². The molecule has 1 aliphatic rings. The number of pyridine rings is 1. The third-order valence-electron chi connectivity index (χ3n) is 5.10. The Kier molecular flexibility index (Phi) is 4.45. The van der Waals surface area contributed by atoms with Gasteiger partial charge in [-0.25, -0.2) is 0 Å². The number of aromatic nitrogens is 2. The van der Waals surface area contributed by atoms with Crippen LogP contribution >= 0.6 is 11.6 Å². The molecule has 0 N–H and O–H groups in total. The lowest BCUT2D eigenvalue weighted by Gasteiger charge is -2.14. The molecular weight excluding hydrogens is 334 g/mol. The Morgan fingerprint density at radius 2 is 1.96 bits per heavy atom. The van der Waals surface area contributed by atoms with Crippen LogP contribution in [0.1, 0.15) is 30.7 Å². The van der Waals surface area contributed by atoms with Crippen LogP contribution in [0.2, 0.25) is 5.02 Å². The van der Waals surface area contributed by atoms with Crippen molar-refractivity contribution in [1.29, 1.82) is 0 Å². The van der Waals surface area contributed by atoms with Crippen LogP contribution in [0.5, 0.6) is 0 Å². The van der Waals surface area contributed by atoms with E-state index in [9.17, 15) is 4.79 Å². The van der Waals surface area contributed by atoms with Crippen LogP contribution in [0, 0.1) is 0 Å². The Bertz CT molecular complexity index is 888. The van der Waals surface area contributed by atoms with Crippen molar-refractivity contribution in [3.05, 3.63) is 59.5 Å². The standard InChI is InChI=1S/C20H20ClN3O/c21-16-3-5-17(6-4-16)24-13-19(18-7-9-22-12-20(18)24)15-2-1-10-23(14-25)11-8-15/h3-7,9,12-15H,1-2,8,10-11H2. The van der Waals surface area contributed by atoms with E-state index in [0.717, 1.165) is 55.0 Å². The molecule has 3 aromatic rings. The maximum absolute atomic E-state index is 11.1. The third-order valence-corrected chi connectivity index (χ3v) is 5.35. The summed E-state index contributed by atoms with van der Waals surface area (Å²) in [6, 6.07) is 9.97. The molecule has 1 aliphatic heterocycles. The Morgan fingerprint density at radius 3 is 2.76 bits per heavy atom. The van der Waals surface area contributed by atoms with Crippen LogP contribution < -0.4 is 0 Å². The van der Waals surface area contributed by atoms with Crippen molar-refractivity contribution in [2.75, 3.05) is 13.1 Å². The van der Waals surface area contributed by atoms with Crippen molar-refractivity contribution in [3.63, 3.8) is 0 Å². The second-order valence-corrected chi connectivity index (χ2v) is 7.03. The predicted octanol–water partition coefficient (Wildman–Crippen LogP) is 4.40. The summed E-state index contributed by atoms with van der Waals surface area (Å²) in [4.78, 5) is 17.3. The number of hydrogen-bond acceptors (Lipinski definition) is 2. The monoisotopic (exact) mass is 353 g/mol. The maximum atomic E-state index is 11.1. The molecule has 4 rings (SSSR count). The van der Waals surface area contributed by atoms with E-state index >= 15 is 0 Å². The minimum Gasteiger partial charge on any atom is -0.345 e. The number of benzene rings is 1. The van der Waals surface area contributed by atoms with Crippen LogP contribution in [-0.4, -0.2) is 34.0 Å². The molecule has 1 fully saturated rings. The highest BCUT2D eigenvalue weighted by Gasteiger charge is 2.22. The topological polar surface area (TPSA) is 38.1 Å². The molecule has 0 bridgehead atoms. The Hall–Kier alpha value is -2.33. The van der Waals surface area contributed by atoms with Crippen molar-refractivity contribution in [2.45, 2.75) is 25.2 Å². The minimum absolute atomic E-state index is 0.461. The normalized spacial score (nSPS) is 18.3. The van der Waals surface area contributed by atoms with Crippen LogP contribution in [0.3, 0.4) is 0 Å². The molecule has 4 nitrogen and oxygen atoms in total. The lowest BCUT2D eigenvalue weighted by atomic mass is 9.92. The molecule has 0 spiro atoms. The van der Waals surface area contributed by atoms with Gasteiger partial charge >= 0.3 is 0 Å². The molecule has 5 heteroatoms. The molecule has 1 aromatic carbocycles. The maximum Gasteiger partial charge on any atom is 0.209 e. The SMILES string of the molecule is O=CN1CCCC(c2cn(-c3ccc(Cl)cc3)c3cnccc23)CC1. The zero-order valence-electron chi connectivity index (χ0n) is 13.9. The molecule has 1 unspecified atom stereocenters. The summed E-state index contributed by atoms with van der Waals surface area (Å²) in [6.45, 7) is 1.68. The number of amides is 1. The quantitative estimate of drug-likeness (QED) is 0.654. The minimum atomic E-state index is 0.461. The fourth-order valence-electron chi connectivity index (χ4n) is 3.78. The number of carbonyl (C=O) groups excluding carboxylic acids is 1. The first-order valence-electron chi connectivity index (χ1n) is 8.66. The van der Waals surface area contributed by atoms with Gasteiger partial charge in [-0.15, -0.1) is 0 Å². The van der Waals surface area contributed by atoms with Gasteiger partial charge in [0, 0.05) is 41.6 Å². The summed E-state index contributed by atoms with van der Waals surface area (Å²) in [5.41, 5.74) is 3.54. The largest absolute Gasteiger partial charge is 0.345 e. The van der Waals surface area contributed by atoms with E-state index < -0.39 is 0 Å². The molecule has 25 heavy (non-hydrogen) atoms. The molecule has 128 valence electrons. The number of likely N-dealkylation sites (tertiary alicyclic amines) is 1. The summed E-state index contributed by atoms with van der Waals surface area (Å²) in [5.74, 6) is 0.461. The highest BCUT2D eigenvalue weighted by molar-refractivity contribution is 6.30. The van der Waals surface area contributed by atoms with E-state index in [1.54, 1.807) is 0 Å². The average Bonchev–Trinajstić information content (AvgIpc) is 2.86. The Morgan fingerprint density at radius 1 is 1.12 bits per heavy atom. The van der Waals surface area contributed by atoms with Gasteiger partial charge in [0.2, 0.25) is 6.41 Å². The number of nitrogens with zero attached hydrogens (tertiary/aromatic N) is 3. The first kappa shape index (κ1) is 16.2. The zero-order chi connectivity index (χ0) is 17.2. The van der Waals surface area contributed by atoms with Gasteiger partial charge in [0.1, 0.15) is 0 Å². The van der Waals surface area contributed by atoms with Crippen LogP contribution in [0.25, 0.3) is 16.6 Å². The van der Waals surface area contributed by atoms with Crippen LogP contribution in [0.4, 0.5) is 0 Å². The van der Waals surface area contributed by atoms with Crippen molar-refractivity contribution >= 4 is 28.9 Å². The number of carbonyl (C=O) groups is 1. The molecule has 1 saturated heterocycles. The van der Waals surface area contributed by atoms with Crippen molar-refractivity contribution in [2.24, 2.45) is 0 Å². The molecule has 1 atom stereocenters. The van der Waals surface area contributed by atoms with Crippen LogP contribution in [0.15, 0.2) is 48.9 Å². The van der Waals surface area contributed by atoms with Gasteiger partial charge in [0.15, 0.2) is 0 Å². The number of fused-ring (bicyclic) bond motifs is 1. The van der Waals surface area contributed by atoms with E-state index in [-0.39, 0.29) is 0 Å². The fourth-order valence-corrected chi connectivity index (χ4v) is 3.90. The van der Waals surface area contributed by atoms with Gasteiger partial charge in [-0.2, -0.15) is 0 Å². The number of rotatable bonds is 3. The van der Waals surface area contributed by atoms with E-state index in [2.05, 4.69) is 21.8 Å². The molecular formula is C20H20ClN3O. The van der Waals surface area contributed by atoms with Crippen molar-refractivity contribution in [1.82, 2.24) is 14.5 Å². The lowest BCUT2D eigenvalue weighted by molar-refractivity contribution is -0.118. The van der Waals surface area contributed by atoms with E-state index in [1.165, 1.54) is 10.9 Å². The molecule has 3 heterocycles. The summed E-state index contributed by atoms with van der Waals surface area (Å²) in [7, 11) is 0. The Labute approximate surface area is 152 Å². The van der Waals surface area contributed by atoms with Gasteiger partial charge in [-0.1, -0.05) is 11.6 Å². The number of halogens is 1. The first-order valence-corrected chi connectivity index (χ1v) is 9.04. The first-order chi connectivity index (χ1) is 12.3.